The molecule has 0 radical (unpaired) electrons. The van der Waals surface area contributed by atoms with E-state index in [1.165, 1.54) is 4.68 Å². The standard InChI is InChI=1S/C20H18N6O2/c1-3-16-19(28-2)8-13(9-22-16)17-5-4-15-18(24-17)12-26(20(15)27)14-10-23-25(11-14)7-6-21/h4-5,8-11H,3,7,12H2,1-2H3. The predicted molar refractivity (Wildman–Crippen MR) is 102 cm³/mol. The van der Waals surface area contributed by atoms with Gasteiger partial charge in [-0.05, 0) is 24.6 Å². The number of carbonyl (C=O) groups excluding carboxylic acids is 1. The average molecular weight is 374 g/mol. The molecule has 0 saturated carbocycles. The maximum absolute atomic E-state index is 12.7. The van der Waals surface area contributed by atoms with Crippen LogP contribution in [0.4, 0.5) is 5.69 Å². The second-order valence-electron chi connectivity index (χ2n) is 6.36. The fourth-order valence-corrected chi connectivity index (χ4v) is 3.26. The predicted octanol–water partition coefficient (Wildman–Crippen LogP) is 2.60. The summed E-state index contributed by atoms with van der Waals surface area (Å²) in [6, 6.07) is 7.56. The Morgan fingerprint density at radius 1 is 1.32 bits per heavy atom. The van der Waals surface area contributed by atoms with E-state index >= 15 is 0 Å². The maximum atomic E-state index is 12.7. The van der Waals surface area contributed by atoms with Gasteiger partial charge in [-0.15, -0.1) is 0 Å². The number of nitriles is 1. The number of anilines is 1. The van der Waals surface area contributed by atoms with E-state index in [9.17, 15) is 4.79 Å². The number of carbonyl (C=O) groups is 1. The van der Waals surface area contributed by atoms with E-state index in [2.05, 4.69) is 15.1 Å². The number of aryl methyl sites for hydroxylation is 1. The van der Waals surface area contributed by atoms with Gasteiger partial charge in [-0.1, -0.05) is 6.92 Å². The van der Waals surface area contributed by atoms with Gasteiger partial charge in [0.25, 0.3) is 5.91 Å². The van der Waals surface area contributed by atoms with Gasteiger partial charge in [-0.2, -0.15) is 10.4 Å². The van der Waals surface area contributed by atoms with Gasteiger partial charge in [-0.25, -0.2) is 0 Å². The van der Waals surface area contributed by atoms with Gasteiger partial charge in [0, 0.05) is 18.0 Å². The largest absolute Gasteiger partial charge is 0.495 e. The fraction of sp³-hybridized carbons (Fsp3) is 0.250. The molecule has 0 spiro atoms. The molecule has 0 unspecified atom stereocenters. The second-order valence-corrected chi connectivity index (χ2v) is 6.36. The summed E-state index contributed by atoms with van der Waals surface area (Å²) in [7, 11) is 1.62. The third-order valence-electron chi connectivity index (χ3n) is 4.70. The summed E-state index contributed by atoms with van der Waals surface area (Å²) in [6.07, 6.45) is 5.83. The zero-order valence-electron chi connectivity index (χ0n) is 15.6. The van der Waals surface area contributed by atoms with Crippen LogP contribution in [0, 0.1) is 11.3 Å². The lowest BCUT2D eigenvalue weighted by Gasteiger charge is -2.11. The first-order valence-corrected chi connectivity index (χ1v) is 8.89. The molecule has 1 aliphatic heterocycles. The van der Waals surface area contributed by atoms with Crippen molar-refractivity contribution in [3.8, 4) is 23.1 Å². The molecule has 4 rings (SSSR count). The van der Waals surface area contributed by atoms with Crippen LogP contribution in [0.2, 0.25) is 0 Å². The molecular formula is C20H18N6O2. The highest BCUT2D eigenvalue weighted by molar-refractivity contribution is 6.09. The Labute approximate surface area is 162 Å². The summed E-state index contributed by atoms with van der Waals surface area (Å²) in [5.74, 6) is 0.604. The molecule has 1 amide bonds. The molecule has 1 aliphatic rings. The number of ether oxygens (including phenoxy) is 1. The molecule has 0 N–H and O–H groups in total. The molecule has 0 fully saturated rings. The Kier molecular flexibility index (Phi) is 4.49. The summed E-state index contributed by atoms with van der Waals surface area (Å²) < 4.78 is 6.92. The minimum atomic E-state index is -0.123. The van der Waals surface area contributed by atoms with Crippen molar-refractivity contribution < 1.29 is 9.53 Å². The zero-order chi connectivity index (χ0) is 19.7. The highest BCUT2D eigenvalue weighted by Gasteiger charge is 2.31. The van der Waals surface area contributed by atoms with Crippen LogP contribution in [0.25, 0.3) is 11.3 Å². The first kappa shape index (κ1) is 17.7. The Balaban J connectivity index is 1.64. The molecular weight excluding hydrogens is 356 g/mol. The van der Waals surface area contributed by atoms with Crippen molar-refractivity contribution in [2.24, 2.45) is 0 Å². The molecule has 3 aromatic heterocycles. The topological polar surface area (TPSA) is 96.9 Å². The first-order chi connectivity index (χ1) is 13.6. The zero-order valence-corrected chi connectivity index (χ0v) is 15.6. The number of methoxy groups -OCH3 is 1. The first-order valence-electron chi connectivity index (χ1n) is 8.89. The van der Waals surface area contributed by atoms with Crippen LogP contribution in [0.3, 0.4) is 0 Å². The van der Waals surface area contributed by atoms with Crippen LogP contribution in [-0.2, 0) is 19.5 Å². The van der Waals surface area contributed by atoms with Crippen molar-refractivity contribution in [1.82, 2.24) is 19.7 Å². The number of rotatable bonds is 5. The Bertz CT molecular complexity index is 1100. The van der Waals surface area contributed by atoms with Crippen LogP contribution in [0.5, 0.6) is 5.75 Å². The van der Waals surface area contributed by atoms with E-state index in [1.54, 1.807) is 36.7 Å². The van der Waals surface area contributed by atoms with E-state index in [4.69, 9.17) is 10.00 Å². The number of hydrogen-bond donors (Lipinski definition) is 0. The van der Waals surface area contributed by atoms with Crippen molar-refractivity contribution in [1.29, 1.82) is 5.26 Å². The van der Waals surface area contributed by atoms with Crippen LogP contribution in [-0.4, -0.2) is 32.8 Å². The molecule has 0 aromatic carbocycles. The SMILES string of the molecule is CCc1ncc(-c2ccc3c(n2)CN(c2cnn(CC#N)c2)C3=O)cc1OC. The number of amides is 1. The Hall–Kier alpha value is -3.73. The van der Waals surface area contributed by atoms with Crippen LogP contribution < -0.4 is 9.64 Å². The second kappa shape index (κ2) is 7.12. The Morgan fingerprint density at radius 3 is 2.93 bits per heavy atom. The third-order valence-corrected chi connectivity index (χ3v) is 4.70. The monoisotopic (exact) mass is 374 g/mol. The van der Waals surface area contributed by atoms with Crippen LogP contribution in [0.1, 0.15) is 28.7 Å². The van der Waals surface area contributed by atoms with Gasteiger partial charge >= 0.3 is 0 Å². The average Bonchev–Trinajstić information content (AvgIpc) is 3.31. The summed E-state index contributed by atoms with van der Waals surface area (Å²) in [5.41, 5.74) is 4.39. The smallest absolute Gasteiger partial charge is 0.260 e. The number of fused-ring (bicyclic) bond motifs is 1. The van der Waals surface area contributed by atoms with E-state index in [0.29, 0.717) is 23.5 Å². The minimum Gasteiger partial charge on any atom is -0.495 e. The quantitative estimate of drug-likeness (QED) is 0.681. The van der Waals surface area contributed by atoms with Crippen LogP contribution >= 0.6 is 0 Å². The molecule has 0 atom stereocenters. The van der Waals surface area contributed by atoms with Crippen molar-refractivity contribution in [2.45, 2.75) is 26.4 Å². The summed E-state index contributed by atoms with van der Waals surface area (Å²) in [5, 5.41) is 12.9. The van der Waals surface area contributed by atoms with Crippen molar-refractivity contribution >= 4 is 11.6 Å². The number of aromatic nitrogens is 4. The van der Waals surface area contributed by atoms with Gasteiger partial charge in [0.15, 0.2) is 0 Å². The number of hydrogen-bond acceptors (Lipinski definition) is 6. The summed E-state index contributed by atoms with van der Waals surface area (Å²) in [4.78, 5) is 23.5. The van der Waals surface area contributed by atoms with Gasteiger partial charge in [0.2, 0.25) is 0 Å². The van der Waals surface area contributed by atoms with E-state index in [0.717, 1.165) is 29.1 Å². The van der Waals surface area contributed by atoms with Gasteiger partial charge < -0.3 is 4.74 Å². The summed E-state index contributed by atoms with van der Waals surface area (Å²) >= 11 is 0. The number of nitrogens with zero attached hydrogens (tertiary/aromatic N) is 6. The molecule has 28 heavy (non-hydrogen) atoms. The summed E-state index contributed by atoms with van der Waals surface area (Å²) in [6.45, 7) is 2.52. The highest BCUT2D eigenvalue weighted by Crippen LogP contribution is 2.30. The van der Waals surface area contributed by atoms with Gasteiger partial charge in [-0.3, -0.25) is 24.3 Å². The molecule has 4 heterocycles. The molecule has 0 aliphatic carbocycles. The van der Waals surface area contributed by atoms with Crippen LogP contribution in [0.15, 0.2) is 36.8 Å². The molecule has 3 aromatic rings. The number of pyridine rings is 2. The van der Waals surface area contributed by atoms with Crippen molar-refractivity contribution in [2.75, 3.05) is 12.0 Å². The van der Waals surface area contributed by atoms with Crippen molar-refractivity contribution in [3.05, 3.63) is 53.7 Å². The van der Waals surface area contributed by atoms with Crippen molar-refractivity contribution in [3.63, 3.8) is 0 Å². The lowest BCUT2D eigenvalue weighted by atomic mass is 10.1. The fourth-order valence-electron chi connectivity index (χ4n) is 3.26. The lowest BCUT2D eigenvalue weighted by Crippen LogP contribution is -2.22. The molecule has 8 heteroatoms. The molecule has 140 valence electrons. The molecule has 0 bridgehead atoms. The van der Waals surface area contributed by atoms with E-state index in [1.807, 2.05) is 25.1 Å². The maximum Gasteiger partial charge on any atom is 0.260 e. The highest BCUT2D eigenvalue weighted by atomic mass is 16.5. The van der Waals surface area contributed by atoms with E-state index in [-0.39, 0.29) is 12.5 Å². The lowest BCUT2D eigenvalue weighted by molar-refractivity contribution is 0.0996. The Morgan fingerprint density at radius 2 is 2.18 bits per heavy atom. The van der Waals surface area contributed by atoms with Gasteiger partial charge in [0.05, 0.1) is 54.3 Å². The molecule has 0 saturated heterocycles. The van der Waals surface area contributed by atoms with Gasteiger partial charge in [0.1, 0.15) is 12.3 Å². The third kappa shape index (κ3) is 2.97. The molecule has 8 nitrogen and oxygen atoms in total. The minimum absolute atomic E-state index is 0.123. The normalized spacial score (nSPS) is 12.8. The van der Waals surface area contributed by atoms with E-state index < -0.39 is 0 Å².